The molecule has 1 aliphatic heterocycles. The number of thioether (sulfide) groups is 1. The van der Waals surface area contributed by atoms with Crippen LogP contribution in [0.25, 0.3) is 11.4 Å². The molecule has 0 unspecified atom stereocenters. The first-order valence-corrected chi connectivity index (χ1v) is 10.9. The first-order valence-electron chi connectivity index (χ1n) is 9.88. The number of rotatable bonds is 7. The van der Waals surface area contributed by atoms with Crippen LogP contribution in [0.5, 0.6) is 5.75 Å². The van der Waals surface area contributed by atoms with Crippen molar-refractivity contribution >= 4 is 17.4 Å². The average molecular weight is 426 g/mol. The Balaban J connectivity index is 1.34. The lowest BCUT2D eigenvalue weighted by molar-refractivity contribution is 0.0534. The van der Waals surface area contributed by atoms with Gasteiger partial charge in [0, 0.05) is 44.7 Å². The van der Waals surface area contributed by atoms with Crippen LogP contribution in [0.15, 0.2) is 53.7 Å². The highest BCUT2D eigenvalue weighted by Crippen LogP contribution is 2.28. The molecule has 8 heteroatoms. The van der Waals surface area contributed by atoms with Gasteiger partial charge in [0.25, 0.3) is 0 Å². The number of methoxy groups -OCH3 is 1. The van der Waals surface area contributed by atoms with Crippen LogP contribution in [-0.2, 0) is 11.8 Å². The van der Waals surface area contributed by atoms with Gasteiger partial charge in [-0.2, -0.15) is 0 Å². The molecule has 1 fully saturated rings. The SMILES string of the molecule is COc1ccc(-c2nnc(SC[C@@H]3CN[C@H](c4ccc(N(C)C)cc4)O3)n2C)cc1. The number of benzene rings is 2. The van der Waals surface area contributed by atoms with E-state index in [1.165, 1.54) is 5.69 Å². The zero-order valence-electron chi connectivity index (χ0n) is 17.7. The molecule has 2 heterocycles. The van der Waals surface area contributed by atoms with E-state index in [4.69, 9.17) is 9.47 Å². The molecule has 7 nitrogen and oxygen atoms in total. The van der Waals surface area contributed by atoms with E-state index < -0.39 is 0 Å². The normalized spacial score (nSPS) is 18.5. The van der Waals surface area contributed by atoms with Gasteiger partial charge in [0.1, 0.15) is 12.0 Å². The van der Waals surface area contributed by atoms with Crippen LogP contribution < -0.4 is 15.0 Å². The number of nitrogens with zero attached hydrogens (tertiary/aromatic N) is 4. The number of hydrogen-bond acceptors (Lipinski definition) is 7. The average Bonchev–Trinajstić information content (AvgIpc) is 3.39. The number of nitrogens with one attached hydrogen (secondary N) is 1. The highest BCUT2D eigenvalue weighted by molar-refractivity contribution is 7.99. The zero-order chi connectivity index (χ0) is 21.1. The van der Waals surface area contributed by atoms with E-state index >= 15 is 0 Å². The topological polar surface area (TPSA) is 64.4 Å². The highest BCUT2D eigenvalue weighted by Gasteiger charge is 2.26. The van der Waals surface area contributed by atoms with Crippen molar-refractivity contribution in [2.45, 2.75) is 17.5 Å². The third-order valence-corrected chi connectivity index (χ3v) is 6.31. The van der Waals surface area contributed by atoms with Crippen LogP contribution in [-0.4, -0.2) is 54.4 Å². The molecule has 30 heavy (non-hydrogen) atoms. The minimum atomic E-state index is -0.0684. The van der Waals surface area contributed by atoms with Gasteiger partial charge in [0.05, 0.1) is 13.2 Å². The lowest BCUT2D eigenvalue weighted by atomic mass is 10.2. The summed E-state index contributed by atoms with van der Waals surface area (Å²) in [6, 6.07) is 16.3. The summed E-state index contributed by atoms with van der Waals surface area (Å²) in [5.41, 5.74) is 3.34. The van der Waals surface area contributed by atoms with E-state index in [2.05, 4.69) is 44.7 Å². The van der Waals surface area contributed by atoms with Gasteiger partial charge in [-0.15, -0.1) is 10.2 Å². The van der Waals surface area contributed by atoms with Crippen molar-refractivity contribution in [1.29, 1.82) is 0 Å². The maximum absolute atomic E-state index is 6.21. The number of hydrogen-bond donors (Lipinski definition) is 1. The molecule has 158 valence electrons. The molecule has 0 aliphatic carbocycles. The minimum Gasteiger partial charge on any atom is -0.497 e. The zero-order valence-corrected chi connectivity index (χ0v) is 18.5. The Labute approximate surface area is 181 Å². The first-order chi connectivity index (χ1) is 14.5. The summed E-state index contributed by atoms with van der Waals surface area (Å²) in [7, 11) is 7.73. The molecule has 0 bridgehead atoms. The quantitative estimate of drug-likeness (QED) is 0.583. The Morgan fingerprint density at radius 1 is 1.13 bits per heavy atom. The molecule has 2 atom stereocenters. The minimum absolute atomic E-state index is 0.0684. The summed E-state index contributed by atoms with van der Waals surface area (Å²) in [6.07, 6.45) is 0.0517. The molecule has 1 aromatic heterocycles. The van der Waals surface area contributed by atoms with Gasteiger partial charge in [-0.3, -0.25) is 5.32 Å². The van der Waals surface area contributed by atoms with Crippen LogP contribution in [0.1, 0.15) is 11.8 Å². The number of ether oxygens (including phenoxy) is 2. The van der Waals surface area contributed by atoms with Crippen molar-refractivity contribution in [1.82, 2.24) is 20.1 Å². The maximum Gasteiger partial charge on any atom is 0.191 e. The molecule has 2 aromatic carbocycles. The Morgan fingerprint density at radius 2 is 1.87 bits per heavy atom. The molecular formula is C22H27N5O2S. The van der Waals surface area contributed by atoms with E-state index in [1.807, 2.05) is 50.0 Å². The molecule has 4 rings (SSSR count). The van der Waals surface area contributed by atoms with Gasteiger partial charge >= 0.3 is 0 Å². The molecule has 0 saturated carbocycles. The predicted molar refractivity (Wildman–Crippen MR) is 120 cm³/mol. The van der Waals surface area contributed by atoms with Crippen LogP contribution in [0.2, 0.25) is 0 Å². The van der Waals surface area contributed by atoms with E-state index in [9.17, 15) is 0 Å². The van der Waals surface area contributed by atoms with E-state index in [1.54, 1.807) is 18.9 Å². The maximum atomic E-state index is 6.21. The Morgan fingerprint density at radius 3 is 2.53 bits per heavy atom. The predicted octanol–water partition coefficient (Wildman–Crippen LogP) is 3.34. The lowest BCUT2D eigenvalue weighted by Crippen LogP contribution is -2.17. The Bertz CT molecular complexity index is 972. The van der Waals surface area contributed by atoms with Gasteiger partial charge in [0.15, 0.2) is 11.0 Å². The Kier molecular flexibility index (Phi) is 6.26. The van der Waals surface area contributed by atoms with Crippen molar-refractivity contribution < 1.29 is 9.47 Å². The summed E-state index contributed by atoms with van der Waals surface area (Å²) in [5, 5.41) is 13.1. The van der Waals surface area contributed by atoms with E-state index in [-0.39, 0.29) is 12.3 Å². The van der Waals surface area contributed by atoms with Crippen LogP contribution >= 0.6 is 11.8 Å². The van der Waals surface area contributed by atoms with Crippen LogP contribution in [0, 0.1) is 0 Å². The molecule has 0 spiro atoms. The van der Waals surface area contributed by atoms with Gasteiger partial charge in [0.2, 0.25) is 0 Å². The summed E-state index contributed by atoms with van der Waals surface area (Å²) >= 11 is 1.66. The second-order valence-corrected chi connectivity index (χ2v) is 8.42. The fourth-order valence-electron chi connectivity index (χ4n) is 3.37. The molecule has 1 saturated heterocycles. The van der Waals surface area contributed by atoms with Crippen molar-refractivity contribution in [3.05, 3.63) is 54.1 Å². The lowest BCUT2D eigenvalue weighted by Gasteiger charge is -2.16. The van der Waals surface area contributed by atoms with Gasteiger partial charge in [-0.05, 0) is 42.0 Å². The molecule has 0 amide bonds. The first kappa shape index (κ1) is 20.7. The van der Waals surface area contributed by atoms with Crippen LogP contribution in [0.4, 0.5) is 5.69 Å². The van der Waals surface area contributed by atoms with Crippen molar-refractivity contribution in [3.8, 4) is 17.1 Å². The molecule has 0 radical (unpaired) electrons. The smallest absolute Gasteiger partial charge is 0.191 e. The fourth-order valence-corrected chi connectivity index (χ4v) is 4.28. The van der Waals surface area contributed by atoms with Crippen molar-refractivity contribution in [2.24, 2.45) is 7.05 Å². The number of aromatic nitrogens is 3. The Hall–Kier alpha value is -2.55. The fraction of sp³-hybridized carbons (Fsp3) is 0.364. The molecule has 1 N–H and O–H groups in total. The summed E-state index contributed by atoms with van der Waals surface area (Å²) in [5.74, 6) is 2.48. The van der Waals surface area contributed by atoms with E-state index in [0.717, 1.165) is 40.2 Å². The second kappa shape index (κ2) is 9.07. The largest absolute Gasteiger partial charge is 0.497 e. The summed E-state index contributed by atoms with van der Waals surface area (Å²) in [4.78, 5) is 2.09. The molecule has 1 aliphatic rings. The number of anilines is 1. The summed E-state index contributed by atoms with van der Waals surface area (Å²) < 4.78 is 13.5. The van der Waals surface area contributed by atoms with Gasteiger partial charge < -0.3 is 18.9 Å². The highest BCUT2D eigenvalue weighted by atomic mass is 32.2. The summed E-state index contributed by atoms with van der Waals surface area (Å²) in [6.45, 7) is 0.816. The second-order valence-electron chi connectivity index (χ2n) is 7.44. The molecule has 3 aromatic rings. The van der Waals surface area contributed by atoms with Crippen molar-refractivity contribution in [3.63, 3.8) is 0 Å². The van der Waals surface area contributed by atoms with E-state index in [0.29, 0.717) is 0 Å². The van der Waals surface area contributed by atoms with Crippen LogP contribution in [0.3, 0.4) is 0 Å². The van der Waals surface area contributed by atoms with Crippen molar-refractivity contribution in [2.75, 3.05) is 38.4 Å². The third kappa shape index (κ3) is 4.45. The monoisotopic (exact) mass is 425 g/mol. The van der Waals surface area contributed by atoms with Gasteiger partial charge in [-0.25, -0.2) is 0 Å². The molecular weight excluding hydrogens is 398 g/mol. The third-order valence-electron chi connectivity index (χ3n) is 5.15. The van der Waals surface area contributed by atoms with Gasteiger partial charge in [-0.1, -0.05) is 23.9 Å². The standard InChI is InChI=1S/C22H27N5O2S/c1-26(2)17-9-5-16(6-10-17)21-23-13-19(29-21)14-30-22-25-24-20(27(22)3)15-7-11-18(28-4)12-8-15/h5-12,19,21,23H,13-14H2,1-4H3/t19-,21-/m0/s1.